The predicted molar refractivity (Wildman–Crippen MR) is 292 cm³/mol. The third-order valence-electron chi connectivity index (χ3n) is 16.2. The van der Waals surface area contributed by atoms with E-state index >= 15 is 0 Å². The number of fused-ring (bicyclic) bond motifs is 16. The molecule has 0 saturated heterocycles. The molecule has 0 amide bonds. The van der Waals surface area contributed by atoms with Gasteiger partial charge in [-0.25, -0.2) is 0 Å². The zero-order valence-electron chi connectivity index (χ0n) is 39.0. The van der Waals surface area contributed by atoms with E-state index in [4.69, 9.17) is 0 Å². The van der Waals surface area contributed by atoms with Gasteiger partial charge in [-0.1, -0.05) is 220 Å². The standard InChI is InChI=1S/C68H46N2/c1-67(2)55-31-11-7-25-49(55)50-41-40-44(42-60(50)67)69(61-36-14-9-26-51(61)48-24-6-5-23-47(48)46-29-17-21-43-20-3-4-22-45(43)46)64-39-19-34-58-65(64)54-28-8-12-32-56(54)68(58)57-33-13-16-38-63(57)70-62-37-15-10-27-52(62)53-30-18-35-59(68)66(53)70/h3-42H,1-2H3. The molecule has 12 aromatic rings. The number of rotatable bonds is 5. The molecule has 1 unspecified atom stereocenters. The fourth-order valence-electron chi connectivity index (χ4n) is 13.3. The Kier molecular flexibility index (Phi) is 8.08. The van der Waals surface area contributed by atoms with E-state index in [-0.39, 0.29) is 5.41 Å². The van der Waals surface area contributed by atoms with Crippen LogP contribution in [0.3, 0.4) is 0 Å². The van der Waals surface area contributed by atoms with Crippen molar-refractivity contribution < 1.29 is 0 Å². The zero-order chi connectivity index (χ0) is 46.3. The number of anilines is 3. The molecule has 0 fully saturated rings. The lowest BCUT2D eigenvalue weighted by molar-refractivity contribution is 0.660. The van der Waals surface area contributed by atoms with Crippen LogP contribution in [0.1, 0.15) is 47.2 Å². The van der Waals surface area contributed by atoms with Crippen LogP contribution in [0.25, 0.3) is 82.8 Å². The first-order valence-corrected chi connectivity index (χ1v) is 24.6. The van der Waals surface area contributed by atoms with Gasteiger partial charge in [0.2, 0.25) is 0 Å². The summed E-state index contributed by atoms with van der Waals surface area (Å²) in [5.74, 6) is 0. The monoisotopic (exact) mass is 890 g/mol. The smallest absolute Gasteiger partial charge is 0.0755 e. The van der Waals surface area contributed by atoms with Crippen molar-refractivity contribution in [3.05, 3.63) is 276 Å². The van der Waals surface area contributed by atoms with Crippen LogP contribution in [0.2, 0.25) is 0 Å². The highest BCUT2D eigenvalue weighted by molar-refractivity contribution is 6.13. The summed E-state index contributed by atoms with van der Waals surface area (Å²) in [4.78, 5) is 2.59. The summed E-state index contributed by atoms with van der Waals surface area (Å²) in [6, 6.07) is 91.3. The van der Waals surface area contributed by atoms with Gasteiger partial charge in [0.1, 0.15) is 0 Å². The summed E-state index contributed by atoms with van der Waals surface area (Å²) in [7, 11) is 0. The Labute approximate surface area is 408 Å². The molecule has 15 rings (SSSR count). The van der Waals surface area contributed by atoms with Crippen LogP contribution in [-0.4, -0.2) is 4.57 Å². The molecule has 0 saturated carbocycles. The second-order valence-electron chi connectivity index (χ2n) is 19.9. The van der Waals surface area contributed by atoms with Crippen LogP contribution in [0.5, 0.6) is 0 Å². The van der Waals surface area contributed by atoms with E-state index in [2.05, 4.69) is 266 Å². The number of benzene rings is 11. The zero-order valence-corrected chi connectivity index (χ0v) is 39.0. The van der Waals surface area contributed by atoms with Gasteiger partial charge in [0.25, 0.3) is 0 Å². The Morgan fingerprint density at radius 1 is 0.343 bits per heavy atom. The fraction of sp³-hybridized carbons (Fsp3) is 0.0588. The normalized spacial score (nSPS) is 15.5. The van der Waals surface area contributed by atoms with Crippen molar-refractivity contribution in [2.24, 2.45) is 0 Å². The average Bonchev–Trinajstić information content (AvgIpc) is 4.00. The summed E-state index contributed by atoms with van der Waals surface area (Å²) >= 11 is 0. The van der Waals surface area contributed by atoms with E-state index < -0.39 is 5.41 Å². The van der Waals surface area contributed by atoms with Gasteiger partial charge in [-0.2, -0.15) is 0 Å². The summed E-state index contributed by atoms with van der Waals surface area (Å²) < 4.78 is 2.53. The predicted octanol–water partition coefficient (Wildman–Crippen LogP) is 17.7. The van der Waals surface area contributed by atoms with E-state index in [0.717, 1.165) is 17.1 Å². The van der Waals surface area contributed by atoms with Gasteiger partial charge in [-0.3, -0.25) is 0 Å². The minimum Gasteiger partial charge on any atom is -0.309 e. The maximum atomic E-state index is 2.59. The SMILES string of the molecule is CC1(C)c2ccccc2-c2ccc(N(c3ccccc3-c3ccccc3-c3cccc4ccccc34)c3cccc4c3-c3ccccc3C43c4ccccc4-n4c5ccccc5c5cccc3c54)cc21. The minimum atomic E-state index is -0.587. The molecule has 1 spiro atoms. The summed E-state index contributed by atoms with van der Waals surface area (Å²) in [5.41, 5.74) is 24.3. The number of nitrogens with zero attached hydrogens (tertiary/aromatic N) is 2. The maximum absolute atomic E-state index is 2.59. The van der Waals surface area contributed by atoms with E-state index in [0.29, 0.717) is 0 Å². The van der Waals surface area contributed by atoms with E-state index in [9.17, 15) is 0 Å². The highest BCUT2D eigenvalue weighted by Gasteiger charge is 2.52. The molecule has 0 radical (unpaired) electrons. The number of aromatic nitrogens is 1. The maximum Gasteiger partial charge on any atom is 0.0755 e. The minimum absolute atomic E-state index is 0.188. The van der Waals surface area contributed by atoms with Gasteiger partial charge in [-0.15, -0.1) is 0 Å². The third kappa shape index (κ3) is 5.07. The number of hydrogen-bond acceptors (Lipinski definition) is 1. The first-order valence-electron chi connectivity index (χ1n) is 24.6. The van der Waals surface area contributed by atoms with Gasteiger partial charge in [-0.05, 0) is 114 Å². The first-order chi connectivity index (χ1) is 34.5. The third-order valence-corrected chi connectivity index (χ3v) is 16.2. The Bertz CT molecular complexity index is 4180. The van der Waals surface area contributed by atoms with Crippen LogP contribution in [0.4, 0.5) is 17.1 Å². The first kappa shape index (κ1) is 39.3. The average molecular weight is 891 g/mol. The molecule has 2 heterocycles. The topological polar surface area (TPSA) is 8.17 Å². The molecule has 1 aliphatic heterocycles. The molecule has 2 heteroatoms. The van der Waals surface area contributed by atoms with Crippen molar-refractivity contribution in [1.82, 2.24) is 4.57 Å². The Balaban J connectivity index is 1.04. The molecule has 11 aromatic carbocycles. The van der Waals surface area contributed by atoms with Crippen LogP contribution < -0.4 is 4.90 Å². The van der Waals surface area contributed by atoms with Crippen molar-refractivity contribution >= 4 is 49.6 Å². The fourth-order valence-corrected chi connectivity index (χ4v) is 13.3. The van der Waals surface area contributed by atoms with Crippen LogP contribution in [-0.2, 0) is 10.8 Å². The molecule has 1 atom stereocenters. The van der Waals surface area contributed by atoms with Gasteiger partial charge in [0, 0.05) is 33.0 Å². The molecular formula is C68H46N2. The van der Waals surface area contributed by atoms with Gasteiger partial charge < -0.3 is 9.47 Å². The second kappa shape index (κ2) is 14.4. The molecule has 2 aliphatic carbocycles. The lowest BCUT2D eigenvalue weighted by atomic mass is 9.65. The lowest BCUT2D eigenvalue weighted by Crippen LogP contribution is -2.33. The lowest BCUT2D eigenvalue weighted by Gasteiger charge is -2.39. The van der Waals surface area contributed by atoms with Crippen LogP contribution in [0, 0.1) is 0 Å². The van der Waals surface area contributed by atoms with Crippen molar-refractivity contribution in [2.45, 2.75) is 24.7 Å². The molecule has 0 bridgehead atoms. The number of para-hydroxylation sites is 4. The highest BCUT2D eigenvalue weighted by atomic mass is 15.1. The quantitative estimate of drug-likeness (QED) is 0.167. The van der Waals surface area contributed by atoms with Crippen LogP contribution >= 0.6 is 0 Å². The van der Waals surface area contributed by atoms with E-state index in [1.165, 1.54) is 116 Å². The highest BCUT2D eigenvalue weighted by Crippen LogP contribution is 2.64. The molecule has 1 aromatic heterocycles. The van der Waals surface area contributed by atoms with Gasteiger partial charge in [0.05, 0.1) is 33.5 Å². The number of hydrogen-bond donors (Lipinski definition) is 0. The van der Waals surface area contributed by atoms with E-state index in [1.807, 2.05) is 0 Å². The molecule has 3 aliphatic rings. The molecule has 328 valence electrons. The van der Waals surface area contributed by atoms with Gasteiger partial charge in [0.15, 0.2) is 0 Å². The Hall–Kier alpha value is -8.72. The molecule has 2 nitrogen and oxygen atoms in total. The Morgan fingerprint density at radius 3 is 1.74 bits per heavy atom. The molecular weight excluding hydrogens is 845 g/mol. The van der Waals surface area contributed by atoms with Crippen molar-refractivity contribution in [2.75, 3.05) is 4.90 Å². The molecule has 70 heavy (non-hydrogen) atoms. The van der Waals surface area contributed by atoms with Crippen molar-refractivity contribution in [3.63, 3.8) is 0 Å². The van der Waals surface area contributed by atoms with Crippen molar-refractivity contribution in [3.8, 4) is 50.2 Å². The largest absolute Gasteiger partial charge is 0.309 e. The molecule has 0 N–H and O–H groups in total. The summed E-state index contributed by atoms with van der Waals surface area (Å²) in [6.45, 7) is 4.78. The second-order valence-corrected chi connectivity index (χ2v) is 19.9. The van der Waals surface area contributed by atoms with Crippen molar-refractivity contribution in [1.29, 1.82) is 0 Å². The Morgan fingerprint density at radius 2 is 0.886 bits per heavy atom. The van der Waals surface area contributed by atoms with Crippen LogP contribution in [0.15, 0.2) is 243 Å². The van der Waals surface area contributed by atoms with Gasteiger partial charge >= 0.3 is 0 Å². The summed E-state index contributed by atoms with van der Waals surface area (Å²) in [6.07, 6.45) is 0. The summed E-state index contributed by atoms with van der Waals surface area (Å²) in [5, 5.41) is 5.04. The van der Waals surface area contributed by atoms with E-state index in [1.54, 1.807) is 0 Å².